The van der Waals surface area contributed by atoms with Crippen molar-refractivity contribution in [1.82, 2.24) is 0 Å². The van der Waals surface area contributed by atoms with Crippen LogP contribution >= 0.6 is 0 Å². The molecule has 0 nitrogen and oxygen atoms in total. The minimum Gasteiger partial charge on any atom is -0.206 e. The van der Waals surface area contributed by atoms with Gasteiger partial charge in [0.15, 0.2) is 17.5 Å². The van der Waals surface area contributed by atoms with Gasteiger partial charge in [0.05, 0.1) is 5.56 Å². The number of benzene rings is 2. The molecule has 0 amide bonds. The Labute approximate surface area is 137 Å². The topological polar surface area (TPSA) is 0 Å². The van der Waals surface area contributed by atoms with Gasteiger partial charge in [0.1, 0.15) is 11.6 Å². The molecule has 0 heterocycles. The van der Waals surface area contributed by atoms with E-state index >= 15 is 0 Å². The summed E-state index contributed by atoms with van der Waals surface area (Å²) >= 11 is 0. The molecule has 0 aliphatic heterocycles. The van der Waals surface area contributed by atoms with Gasteiger partial charge in [0.25, 0.3) is 0 Å². The Hall–Kier alpha value is -1.91. The third kappa shape index (κ3) is 3.17. The molecule has 2 aromatic carbocycles. The van der Waals surface area contributed by atoms with Crippen LogP contribution in [-0.4, -0.2) is 0 Å². The van der Waals surface area contributed by atoms with E-state index in [2.05, 4.69) is 6.92 Å². The Kier molecular flexibility index (Phi) is 4.61. The molecule has 0 atom stereocenters. The largest absolute Gasteiger partial charge is 0.206 e. The standard InChI is InChI=1S/C19H17F5/c1-10-2-4-11(5-3-10)12-6-14(20)18(15(21)7-12)13-8-16(22)19(24)17(23)9-13/h6-11H,2-5H2,1H3. The predicted molar refractivity (Wildman–Crippen MR) is 82.0 cm³/mol. The molecule has 0 unspecified atom stereocenters. The van der Waals surface area contributed by atoms with Crippen molar-refractivity contribution in [2.75, 3.05) is 0 Å². The molecule has 1 saturated carbocycles. The summed E-state index contributed by atoms with van der Waals surface area (Å²) in [7, 11) is 0. The van der Waals surface area contributed by atoms with Crippen LogP contribution in [0.5, 0.6) is 0 Å². The molecule has 0 aromatic heterocycles. The molecular weight excluding hydrogens is 323 g/mol. The van der Waals surface area contributed by atoms with Crippen LogP contribution in [0.1, 0.15) is 44.1 Å². The van der Waals surface area contributed by atoms with Crippen LogP contribution in [0.15, 0.2) is 24.3 Å². The third-order valence-corrected chi connectivity index (χ3v) is 4.82. The molecule has 0 bridgehead atoms. The maximum absolute atomic E-state index is 14.4. The van der Waals surface area contributed by atoms with Crippen LogP contribution in [0.2, 0.25) is 0 Å². The molecule has 0 radical (unpaired) electrons. The van der Waals surface area contributed by atoms with E-state index in [1.165, 1.54) is 12.1 Å². The Balaban J connectivity index is 1.99. The van der Waals surface area contributed by atoms with Crippen LogP contribution < -0.4 is 0 Å². The van der Waals surface area contributed by atoms with Crippen molar-refractivity contribution in [3.63, 3.8) is 0 Å². The van der Waals surface area contributed by atoms with Gasteiger partial charge in [-0.25, -0.2) is 22.0 Å². The molecule has 2 aromatic rings. The van der Waals surface area contributed by atoms with Crippen molar-refractivity contribution in [2.24, 2.45) is 5.92 Å². The van der Waals surface area contributed by atoms with E-state index in [-0.39, 0.29) is 11.5 Å². The molecule has 1 aliphatic rings. The van der Waals surface area contributed by atoms with E-state index in [0.29, 0.717) is 23.6 Å². The van der Waals surface area contributed by atoms with E-state index < -0.39 is 34.6 Å². The van der Waals surface area contributed by atoms with E-state index in [9.17, 15) is 22.0 Å². The van der Waals surface area contributed by atoms with E-state index in [1.807, 2.05) is 0 Å². The lowest BCUT2D eigenvalue weighted by atomic mass is 9.79. The second kappa shape index (κ2) is 6.54. The summed E-state index contributed by atoms with van der Waals surface area (Å²) in [4.78, 5) is 0. The zero-order chi connectivity index (χ0) is 17.4. The summed E-state index contributed by atoms with van der Waals surface area (Å²) in [6.45, 7) is 2.15. The zero-order valence-electron chi connectivity index (χ0n) is 13.2. The number of hydrogen-bond donors (Lipinski definition) is 0. The van der Waals surface area contributed by atoms with Gasteiger partial charge < -0.3 is 0 Å². The van der Waals surface area contributed by atoms with Crippen LogP contribution in [0, 0.1) is 35.0 Å². The van der Waals surface area contributed by atoms with Crippen LogP contribution in [0.3, 0.4) is 0 Å². The van der Waals surface area contributed by atoms with Crippen molar-refractivity contribution >= 4 is 0 Å². The minimum atomic E-state index is -1.66. The highest BCUT2D eigenvalue weighted by molar-refractivity contribution is 5.65. The maximum atomic E-state index is 14.4. The highest BCUT2D eigenvalue weighted by Crippen LogP contribution is 2.38. The SMILES string of the molecule is CC1CCC(c2cc(F)c(-c3cc(F)c(F)c(F)c3)c(F)c2)CC1. The van der Waals surface area contributed by atoms with Crippen molar-refractivity contribution in [2.45, 2.75) is 38.5 Å². The van der Waals surface area contributed by atoms with Crippen LogP contribution in [0.4, 0.5) is 22.0 Å². The fraction of sp³-hybridized carbons (Fsp3) is 0.368. The highest BCUT2D eigenvalue weighted by atomic mass is 19.2. The van der Waals surface area contributed by atoms with Crippen molar-refractivity contribution in [1.29, 1.82) is 0 Å². The van der Waals surface area contributed by atoms with Crippen LogP contribution in [0.25, 0.3) is 11.1 Å². The first-order valence-corrected chi connectivity index (χ1v) is 8.00. The summed E-state index contributed by atoms with van der Waals surface area (Å²) in [6.07, 6.45) is 3.73. The fourth-order valence-electron chi connectivity index (χ4n) is 3.40. The van der Waals surface area contributed by atoms with Gasteiger partial charge in [-0.05, 0) is 60.1 Å². The average Bonchev–Trinajstić information content (AvgIpc) is 2.52. The highest BCUT2D eigenvalue weighted by Gasteiger charge is 2.23. The monoisotopic (exact) mass is 340 g/mol. The number of hydrogen-bond acceptors (Lipinski definition) is 0. The molecule has 0 spiro atoms. The second-order valence-corrected chi connectivity index (χ2v) is 6.57. The molecule has 1 aliphatic carbocycles. The molecular formula is C19H17F5. The first kappa shape index (κ1) is 16.9. The lowest BCUT2D eigenvalue weighted by Gasteiger charge is -2.26. The number of rotatable bonds is 2. The summed E-state index contributed by atoms with van der Waals surface area (Å²) in [6, 6.07) is 3.64. The lowest BCUT2D eigenvalue weighted by molar-refractivity contribution is 0.346. The summed E-state index contributed by atoms with van der Waals surface area (Å²) in [5.74, 6) is -5.71. The molecule has 3 rings (SSSR count). The first-order chi connectivity index (χ1) is 11.4. The first-order valence-electron chi connectivity index (χ1n) is 8.00. The predicted octanol–water partition coefficient (Wildman–Crippen LogP) is 6.34. The fourth-order valence-corrected chi connectivity index (χ4v) is 3.40. The quantitative estimate of drug-likeness (QED) is 0.442. The smallest absolute Gasteiger partial charge is 0.194 e. The Morgan fingerprint density at radius 3 is 1.71 bits per heavy atom. The van der Waals surface area contributed by atoms with Crippen LogP contribution in [-0.2, 0) is 0 Å². The van der Waals surface area contributed by atoms with E-state index in [1.54, 1.807) is 0 Å². The molecule has 5 heteroatoms. The molecule has 0 saturated heterocycles. The second-order valence-electron chi connectivity index (χ2n) is 6.57. The summed E-state index contributed by atoms with van der Waals surface area (Å²) in [5.41, 5.74) is -0.338. The third-order valence-electron chi connectivity index (χ3n) is 4.82. The Morgan fingerprint density at radius 2 is 1.21 bits per heavy atom. The molecule has 0 N–H and O–H groups in total. The Morgan fingerprint density at radius 1 is 0.708 bits per heavy atom. The number of halogens is 5. The Bertz CT molecular complexity index is 714. The maximum Gasteiger partial charge on any atom is 0.194 e. The van der Waals surface area contributed by atoms with Gasteiger partial charge in [-0.2, -0.15) is 0 Å². The average molecular weight is 340 g/mol. The van der Waals surface area contributed by atoms with Crippen molar-refractivity contribution in [3.05, 3.63) is 58.9 Å². The summed E-state index contributed by atoms with van der Waals surface area (Å²) in [5, 5.41) is 0. The van der Waals surface area contributed by atoms with Gasteiger partial charge in [-0.1, -0.05) is 19.8 Å². The molecule has 128 valence electrons. The van der Waals surface area contributed by atoms with Crippen molar-refractivity contribution in [3.8, 4) is 11.1 Å². The van der Waals surface area contributed by atoms with Crippen molar-refractivity contribution < 1.29 is 22.0 Å². The molecule has 24 heavy (non-hydrogen) atoms. The van der Waals surface area contributed by atoms with Gasteiger partial charge in [0, 0.05) is 0 Å². The van der Waals surface area contributed by atoms with Gasteiger partial charge in [-0.15, -0.1) is 0 Å². The minimum absolute atomic E-state index is 0.0842. The normalized spacial score (nSPS) is 21.1. The van der Waals surface area contributed by atoms with Gasteiger partial charge in [0.2, 0.25) is 0 Å². The van der Waals surface area contributed by atoms with E-state index in [4.69, 9.17) is 0 Å². The van der Waals surface area contributed by atoms with Gasteiger partial charge in [-0.3, -0.25) is 0 Å². The van der Waals surface area contributed by atoms with Gasteiger partial charge >= 0.3 is 0 Å². The lowest BCUT2D eigenvalue weighted by Crippen LogP contribution is -2.11. The summed E-state index contributed by atoms with van der Waals surface area (Å²) < 4.78 is 68.5. The zero-order valence-corrected chi connectivity index (χ0v) is 13.2. The van der Waals surface area contributed by atoms with E-state index in [0.717, 1.165) is 25.7 Å². The molecule has 1 fully saturated rings.